The first-order chi connectivity index (χ1) is 7.13. The van der Waals surface area contributed by atoms with Crippen LogP contribution in [-0.2, 0) is 4.84 Å². The monoisotopic (exact) mass is 251 g/mol. The first-order valence-corrected chi connectivity index (χ1v) is 4.96. The molecule has 3 N–H and O–H groups in total. The number of ether oxygens (including phenoxy) is 1. The van der Waals surface area contributed by atoms with Crippen LogP contribution in [0.3, 0.4) is 0 Å². The summed E-state index contributed by atoms with van der Waals surface area (Å²) in [7, 11) is 0. The second-order valence-electron chi connectivity index (χ2n) is 2.87. The van der Waals surface area contributed by atoms with Gasteiger partial charge in [0.15, 0.2) is 0 Å². The van der Waals surface area contributed by atoms with Crippen molar-refractivity contribution in [2.45, 2.75) is 6.10 Å². The number of halogens is 2. The molecule has 0 amide bonds. The quantitative estimate of drug-likeness (QED) is 0.781. The van der Waals surface area contributed by atoms with E-state index in [2.05, 4.69) is 4.84 Å². The molecule has 6 heteroatoms. The van der Waals surface area contributed by atoms with Crippen molar-refractivity contribution in [2.75, 3.05) is 13.2 Å². The van der Waals surface area contributed by atoms with Crippen molar-refractivity contribution >= 4 is 23.2 Å². The van der Waals surface area contributed by atoms with Crippen LogP contribution in [0.2, 0.25) is 10.0 Å². The van der Waals surface area contributed by atoms with Crippen molar-refractivity contribution in [3.05, 3.63) is 28.2 Å². The molecule has 1 atom stereocenters. The number of aliphatic hydroxyl groups excluding tert-OH is 1. The van der Waals surface area contributed by atoms with E-state index < -0.39 is 6.10 Å². The number of rotatable bonds is 5. The fraction of sp³-hybridized carbons (Fsp3) is 0.333. The van der Waals surface area contributed by atoms with Crippen molar-refractivity contribution < 1.29 is 14.7 Å². The minimum Gasteiger partial charge on any atom is -0.489 e. The zero-order valence-electron chi connectivity index (χ0n) is 7.82. The molecule has 0 aliphatic heterocycles. The summed E-state index contributed by atoms with van der Waals surface area (Å²) in [5.41, 5.74) is 0. The highest BCUT2D eigenvalue weighted by Crippen LogP contribution is 2.27. The van der Waals surface area contributed by atoms with Gasteiger partial charge in [-0.15, -0.1) is 0 Å². The molecule has 0 saturated heterocycles. The van der Waals surface area contributed by atoms with Crippen LogP contribution in [-0.4, -0.2) is 24.4 Å². The van der Waals surface area contributed by atoms with Gasteiger partial charge in [-0.05, 0) is 18.2 Å². The van der Waals surface area contributed by atoms with E-state index in [9.17, 15) is 5.11 Å². The summed E-state index contributed by atoms with van der Waals surface area (Å²) in [5.74, 6) is 5.24. The van der Waals surface area contributed by atoms with Crippen molar-refractivity contribution in [1.82, 2.24) is 0 Å². The molecule has 0 radical (unpaired) electrons. The maximum absolute atomic E-state index is 9.26. The van der Waals surface area contributed by atoms with Gasteiger partial charge in [0.2, 0.25) is 0 Å². The second-order valence-corrected chi connectivity index (χ2v) is 3.72. The van der Waals surface area contributed by atoms with E-state index in [0.717, 1.165) is 0 Å². The van der Waals surface area contributed by atoms with Crippen molar-refractivity contribution in [2.24, 2.45) is 5.90 Å². The van der Waals surface area contributed by atoms with E-state index in [1.165, 1.54) is 0 Å². The van der Waals surface area contributed by atoms with Crippen LogP contribution in [0.5, 0.6) is 5.75 Å². The van der Waals surface area contributed by atoms with Gasteiger partial charge >= 0.3 is 0 Å². The van der Waals surface area contributed by atoms with Gasteiger partial charge in [0.05, 0.1) is 11.6 Å². The first-order valence-electron chi connectivity index (χ1n) is 4.21. The summed E-state index contributed by atoms with van der Waals surface area (Å²) in [5, 5.41) is 10.2. The largest absolute Gasteiger partial charge is 0.489 e. The molecule has 0 aromatic heterocycles. The molecular formula is C9H11Cl2NO3. The van der Waals surface area contributed by atoms with Crippen LogP contribution < -0.4 is 10.6 Å². The molecule has 0 heterocycles. The van der Waals surface area contributed by atoms with Crippen LogP contribution in [0.4, 0.5) is 0 Å². The van der Waals surface area contributed by atoms with Crippen LogP contribution >= 0.6 is 23.2 Å². The first kappa shape index (κ1) is 12.5. The van der Waals surface area contributed by atoms with Crippen LogP contribution in [0, 0.1) is 0 Å². The lowest BCUT2D eigenvalue weighted by Crippen LogP contribution is -2.25. The Labute approximate surface area is 97.4 Å². The van der Waals surface area contributed by atoms with Gasteiger partial charge < -0.3 is 14.7 Å². The Morgan fingerprint density at radius 1 is 1.33 bits per heavy atom. The second kappa shape index (κ2) is 6.15. The molecule has 0 saturated carbocycles. The fourth-order valence-electron chi connectivity index (χ4n) is 0.937. The van der Waals surface area contributed by atoms with Gasteiger partial charge in [-0.1, -0.05) is 23.2 Å². The molecule has 0 fully saturated rings. The summed E-state index contributed by atoms with van der Waals surface area (Å²) in [6.07, 6.45) is -0.790. The third-order valence-electron chi connectivity index (χ3n) is 1.61. The molecule has 84 valence electrons. The third kappa shape index (κ3) is 4.24. The molecule has 15 heavy (non-hydrogen) atoms. The lowest BCUT2D eigenvalue weighted by molar-refractivity contribution is 0.0116. The number of hydrogen-bond acceptors (Lipinski definition) is 4. The van der Waals surface area contributed by atoms with E-state index in [-0.39, 0.29) is 13.2 Å². The van der Waals surface area contributed by atoms with Gasteiger partial charge in [0, 0.05) is 5.02 Å². The Balaban J connectivity index is 2.50. The molecule has 0 aliphatic carbocycles. The SMILES string of the molecule is NOCC(O)COc1ccc(Cl)cc1Cl. The number of nitrogens with two attached hydrogens (primary N) is 1. The van der Waals surface area contributed by atoms with Crippen molar-refractivity contribution in [3.63, 3.8) is 0 Å². The summed E-state index contributed by atoms with van der Waals surface area (Å²) in [6.45, 7) is 0.0593. The van der Waals surface area contributed by atoms with E-state index >= 15 is 0 Å². The summed E-state index contributed by atoms with van der Waals surface area (Å²) in [4.78, 5) is 4.26. The van der Waals surface area contributed by atoms with E-state index in [1.54, 1.807) is 18.2 Å². The predicted molar refractivity (Wildman–Crippen MR) is 58.1 cm³/mol. The topological polar surface area (TPSA) is 64.7 Å². The van der Waals surface area contributed by atoms with E-state index in [0.29, 0.717) is 15.8 Å². The molecule has 1 aromatic rings. The van der Waals surface area contributed by atoms with Crippen molar-refractivity contribution in [3.8, 4) is 5.75 Å². The standard InChI is InChI=1S/C9H11Cl2NO3/c10-6-1-2-9(8(11)3-6)14-4-7(13)5-15-12/h1-3,7,13H,4-5,12H2. The average Bonchev–Trinajstić information content (AvgIpc) is 2.17. The van der Waals surface area contributed by atoms with Crippen molar-refractivity contribution in [1.29, 1.82) is 0 Å². The molecule has 0 aliphatic rings. The Hall–Kier alpha value is -0.520. The molecular weight excluding hydrogens is 241 g/mol. The van der Waals surface area contributed by atoms with Gasteiger partial charge in [-0.2, -0.15) is 0 Å². The number of hydrogen-bond donors (Lipinski definition) is 2. The number of benzene rings is 1. The molecule has 1 rings (SSSR count). The van der Waals surface area contributed by atoms with Gasteiger partial charge in [0.25, 0.3) is 0 Å². The van der Waals surface area contributed by atoms with Crippen LogP contribution in [0.1, 0.15) is 0 Å². The lowest BCUT2D eigenvalue weighted by atomic mass is 10.3. The Morgan fingerprint density at radius 2 is 2.07 bits per heavy atom. The minimum atomic E-state index is -0.790. The van der Waals surface area contributed by atoms with Crippen LogP contribution in [0.15, 0.2) is 18.2 Å². The molecule has 1 aromatic carbocycles. The third-order valence-corrected chi connectivity index (χ3v) is 2.14. The highest BCUT2D eigenvalue weighted by molar-refractivity contribution is 6.35. The maximum atomic E-state index is 9.26. The molecule has 0 bridgehead atoms. The highest BCUT2D eigenvalue weighted by atomic mass is 35.5. The van der Waals surface area contributed by atoms with Gasteiger partial charge in [0.1, 0.15) is 18.5 Å². The van der Waals surface area contributed by atoms with Gasteiger partial charge in [-0.3, -0.25) is 0 Å². The number of aliphatic hydroxyl groups is 1. The average molecular weight is 252 g/mol. The van der Waals surface area contributed by atoms with Gasteiger partial charge in [-0.25, -0.2) is 5.90 Å². The summed E-state index contributed by atoms with van der Waals surface area (Å²) in [6, 6.07) is 4.83. The zero-order valence-corrected chi connectivity index (χ0v) is 9.33. The maximum Gasteiger partial charge on any atom is 0.138 e. The Morgan fingerprint density at radius 3 is 2.67 bits per heavy atom. The molecule has 0 spiro atoms. The lowest BCUT2D eigenvalue weighted by Gasteiger charge is -2.12. The molecule has 1 unspecified atom stereocenters. The summed E-state index contributed by atoms with van der Waals surface area (Å²) >= 11 is 11.5. The Bertz CT molecular complexity index is 322. The molecule has 4 nitrogen and oxygen atoms in total. The zero-order chi connectivity index (χ0) is 11.3. The van der Waals surface area contributed by atoms with E-state index in [1.807, 2.05) is 0 Å². The Kier molecular flexibility index (Phi) is 5.14. The fourth-order valence-corrected chi connectivity index (χ4v) is 1.40. The smallest absolute Gasteiger partial charge is 0.138 e. The minimum absolute atomic E-state index is 0.00517. The van der Waals surface area contributed by atoms with Crippen LogP contribution in [0.25, 0.3) is 0 Å². The summed E-state index contributed by atoms with van der Waals surface area (Å²) < 4.78 is 5.23. The van der Waals surface area contributed by atoms with E-state index in [4.69, 9.17) is 33.8 Å². The highest BCUT2D eigenvalue weighted by Gasteiger charge is 2.07. The predicted octanol–water partition coefficient (Wildman–Crippen LogP) is 1.62. The normalized spacial score (nSPS) is 12.5.